The standard InChI is InChI=1S/C15H28O2/c1-4-5-6-9-15(14(16)17)10-7-13(8-11-15)12(2)3/h12-13H,4-11H2,1-3H3,(H,16,17). The van der Waals surface area contributed by atoms with Gasteiger partial charge in [0.1, 0.15) is 0 Å². The largest absolute Gasteiger partial charge is 0.481 e. The van der Waals surface area contributed by atoms with E-state index in [0.29, 0.717) is 5.92 Å². The number of aliphatic carboxylic acids is 1. The van der Waals surface area contributed by atoms with Crippen molar-refractivity contribution in [2.24, 2.45) is 17.3 Å². The first-order valence-electron chi connectivity index (χ1n) is 7.25. The van der Waals surface area contributed by atoms with E-state index < -0.39 is 5.97 Å². The first kappa shape index (κ1) is 14.5. The van der Waals surface area contributed by atoms with Gasteiger partial charge >= 0.3 is 5.97 Å². The molecule has 1 saturated carbocycles. The van der Waals surface area contributed by atoms with Crippen molar-refractivity contribution in [3.8, 4) is 0 Å². The van der Waals surface area contributed by atoms with Crippen LogP contribution in [0.3, 0.4) is 0 Å². The van der Waals surface area contributed by atoms with Gasteiger partial charge in [0, 0.05) is 0 Å². The van der Waals surface area contributed by atoms with Gasteiger partial charge in [0.2, 0.25) is 0 Å². The Kier molecular flexibility index (Phi) is 5.48. The maximum absolute atomic E-state index is 11.5. The van der Waals surface area contributed by atoms with Gasteiger partial charge in [0.15, 0.2) is 0 Å². The molecule has 0 bridgehead atoms. The Bertz CT molecular complexity index is 237. The third-order valence-corrected chi connectivity index (χ3v) is 4.64. The van der Waals surface area contributed by atoms with Crippen LogP contribution in [0.2, 0.25) is 0 Å². The molecule has 0 atom stereocenters. The van der Waals surface area contributed by atoms with Crippen LogP contribution >= 0.6 is 0 Å². The number of carboxylic acids is 1. The molecule has 0 aromatic carbocycles. The smallest absolute Gasteiger partial charge is 0.309 e. The van der Waals surface area contributed by atoms with Crippen molar-refractivity contribution in [1.82, 2.24) is 0 Å². The normalized spacial score (nSPS) is 29.5. The highest BCUT2D eigenvalue weighted by molar-refractivity contribution is 5.74. The fourth-order valence-corrected chi connectivity index (χ4v) is 3.14. The molecule has 2 nitrogen and oxygen atoms in total. The zero-order valence-electron chi connectivity index (χ0n) is 11.7. The lowest BCUT2D eigenvalue weighted by molar-refractivity contribution is -0.152. The molecule has 1 aliphatic rings. The number of carboxylic acid groups (broad SMARTS) is 1. The van der Waals surface area contributed by atoms with E-state index in [1.165, 1.54) is 12.8 Å². The Hall–Kier alpha value is -0.530. The molecule has 0 amide bonds. The number of carbonyl (C=O) groups is 1. The lowest BCUT2D eigenvalue weighted by Gasteiger charge is -2.38. The van der Waals surface area contributed by atoms with Crippen LogP contribution in [0, 0.1) is 17.3 Å². The topological polar surface area (TPSA) is 37.3 Å². The maximum Gasteiger partial charge on any atom is 0.309 e. The van der Waals surface area contributed by atoms with Gasteiger partial charge < -0.3 is 5.11 Å². The van der Waals surface area contributed by atoms with Gasteiger partial charge in [0.25, 0.3) is 0 Å². The van der Waals surface area contributed by atoms with Crippen LogP contribution in [0.4, 0.5) is 0 Å². The van der Waals surface area contributed by atoms with Gasteiger partial charge in [-0.3, -0.25) is 4.79 Å². The Morgan fingerprint density at radius 1 is 1.29 bits per heavy atom. The number of unbranched alkanes of at least 4 members (excludes halogenated alkanes) is 2. The summed E-state index contributed by atoms with van der Waals surface area (Å²) in [4.78, 5) is 11.5. The summed E-state index contributed by atoms with van der Waals surface area (Å²) in [5, 5.41) is 9.51. The van der Waals surface area contributed by atoms with Gasteiger partial charge in [0.05, 0.1) is 5.41 Å². The van der Waals surface area contributed by atoms with Gasteiger partial charge in [-0.15, -0.1) is 0 Å². The molecule has 17 heavy (non-hydrogen) atoms. The first-order valence-corrected chi connectivity index (χ1v) is 7.25. The molecule has 0 heterocycles. The van der Waals surface area contributed by atoms with E-state index >= 15 is 0 Å². The van der Waals surface area contributed by atoms with Crippen LogP contribution in [0.25, 0.3) is 0 Å². The van der Waals surface area contributed by atoms with E-state index in [0.717, 1.165) is 44.4 Å². The van der Waals surface area contributed by atoms with Crippen LogP contribution < -0.4 is 0 Å². The maximum atomic E-state index is 11.5. The second kappa shape index (κ2) is 6.42. The Morgan fingerprint density at radius 2 is 1.88 bits per heavy atom. The van der Waals surface area contributed by atoms with Crippen molar-refractivity contribution in [2.45, 2.75) is 72.1 Å². The fourth-order valence-electron chi connectivity index (χ4n) is 3.14. The average Bonchev–Trinajstić information content (AvgIpc) is 2.29. The van der Waals surface area contributed by atoms with Crippen molar-refractivity contribution in [2.75, 3.05) is 0 Å². The van der Waals surface area contributed by atoms with E-state index in [2.05, 4.69) is 20.8 Å². The third-order valence-electron chi connectivity index (χ3n) is 4.64. The third kappa shape index (κ3) is 3.72. The predicted molar refractivity (Wildman–Crippen MR) is 71.0 cm³/mol. The highest BCUT2D eigenvalue weighted by Crippen LogP contribution is 2.44. The summed E-state index contributed by atoms with van der Waals surface area (Å²) < 4.78 is 0. The van der Waals surface area contributed by atoms with E-state index in [1.54, 1.807) is 0 Å². The van der Waals surface area contributed by atoms with E-state index in [9.17, 15) is 9.90 Å². The van der Waals surface area contributed by atoms with Crippen LogP contribution in [-0.4, -0.2) is 11.1 Å². The first-order chi connectivity index (χ1) is 8.02. The summed E-state index contributed by atoms with van der Waals surface area (Å²) in [6.07, 6.45) is 8.32. The molecular formula is C15H28O2. The Balaban J connectivity index is 2.54. The Labute approximate surface area is 106 Å². The Morgan fingerprint density at radius 3 is 2.29 bits per heavy atom. The zero-order chi connectivity index (χ0) is 12.9. The molecule has 0 spiro atoms. The summed E-state index contributed by atoms with van der Waals surface area (Å²) in [6, 6.07) is 0. The lowest BCUT2D eigenvalue weighted by atomic mass is 9.66. The molecular weight excluding hydrogens is 212 g/mol. The molecule has 0 radical (unpaired) electrons. The molecule has 0 unspecified atom stereocenters. The quantitative estimate of drug-likeness (QED) is 0.695. The number of hydrogen-bond donors (Lipinski definition) is 1. The molecule has 1 N–H and O–H groups in total. The molecule has 1 fully saturated rings. The summed E-state index contributed by atoms with van der Waals surface area (Å²) >= 11 is 0. The molecule has 0 aromatic rings. The second-order valence-corrected chi connectivity index (χ2v) is 6.12. The minimum Gasteiger partial charge on any atom is -0.481 e. The van der Waals surface area contributed by atoms with Gasteiger partial charge in [-0.1, -0.05) is 40.0 Å². The molecule has 0 aliphatic heterocycles. The van der Waals surface area contributed by atoms with Crippen molar-refractivity contribution in [3.63, 3.8) is 0 Å². The van der Waals surface area contributed by atoms with Crippen LogP contribution in [0.1, 0.15) is 72.1 Å². The minimum absolute atomic E-state index is 0.388. The van der Waals surface area contributed by atoms with Crippen LogP contribution in [-0.2, 0) is 4.79 Å². The SMILES string of the molecule is CCCCCC1(C(=O)O)CCC(C(C)C)CC1. The van der Waals surface area contributed by atoms with Gasteiger partial charge in [-0.2, -0.15) is 0 Å². The summed E-state index contributed by atoms with van der Waals surface area (Å²) in [6.45, 7) is 6.69. The van der Waals surface area contributed by atoms with Crippen molar-refractivity contribution in [3.05, 3.63) is 0 Å². The minimum atomic E-state index is -0.546. The molecule has 1 rings (SSSR count). The lowest BCUT2D eigenvalue weighted by Crippen LogP contribution is -2.36. The van der Waals surface area contributed by atoms with Crippen LogP contribution in [0.15, 0.2) is 0 Å². The molecule has 2 heteroatoms. The van der Waals surface area contributed by atoms with E-state index in [4.69, 9.17) is 0 Å². The van der Waals surface area contributed by atoms with Crippen molar-refractivity contribution < 1.29 is 9.90 Å². The summed E-state index contributed by atoms with van der Waals surface area (Å²) in [7, 11) is 0. The highest BCUT2D eigenvalue weighted by atomic mass is 16.4. The monoisotopic (exact) mass is 240 g/mol. The van der Waals surface area contributed by atoms with E-state index in [1.807, 2.05) is 0 Å². The predicted octanol–water partition coefficient (Wildman–Crippen LogP) is 4.48. The van der Waals surface area contributed by atoms with Crippen molar-refractivity contribution >= 4 is 5.97 Å². The molecule has 0 aromatic heterocycles. The summed E-state index contributed by atoms with van der Waals surface area (Å²) in [5.74, 6) is 0.905. The molecule has 100 valence electrons. The zero-order valence-corrected chi connectivity index (χ0v) is 11.7. The van der Waals surface area contributed by atoms with Crippen LogP contribution in [0.5, 0.6) is 0 Å². The number of hydrogen-bond acceptors (Lipinski definition) is 1. The fraction of sp³-hybridized carbons (Fsp3) is 0.933. The molecule has 0 saturated heterocycles. The number of rotatable bonds is 6. The average molecular weight is 240 g/mol. The highest BCUT2D eigenvalue weighted by Gasteiger charge is 2.41. The van der Waals surface area contributed by atoms with E-state index in [-0.39, 0.29) is 5.41 Å². The second-order valence-electron chi connectivity index (χ2n) is 6.12. The molecule has 1 aliphatic carbocycles. The van der Waals surface area contributed by atoms with Gasteiger partial charge in [-0.05, 0) is 43.9 Å². The van der Waals surface area contributed by atoms with Gasteiger partial charge in [-0.25, -0.2) is 0 Å². The summed E-state index contributed by atoms with van der Waals surface area (Å²) in [5.41, 5.74) is -0.388. The van der Waals surface area contributed by atoms with Crippen molar-refractivity contribution in [1.29, 1.82) is 0 Å².